The molecule has 13 nitrogen and oxygen atoms in total. The van der Waals surface area contributed by atoms with E-state index >= 15 is 0 Å². The molecule has 3 saturated heterocycles. The van der Waals surface area contributed by atoms with E-state index in [4.69, 9.17) is 38.3 Å². The first kappa shape index (κ1) is 38.3. The Hall–Kier alpha value is -2.13. The summed E-state index contributed by atoms with van der Waals surface area (Å²) >= 11 is 0. The summed E-state index contributed by atoms with van der Waals surface area (Å²) in [6, 6.07) is 0. The number of aliphatic hydroxyl groups excluding tert-OH is 1. The number of carbonyl (C=O) groups excluding carboxylic acids is 2. The summed E-state index contributed by atoms with van der Waals surface area (Å²) < 4.78 is 42.0. The summed E-state index contributed by atoms with van der Waals surface area (Å²) in [7, 11) is 1.53. The molecule has 11 atom stereocenters. The van der Waals surface area contributed by atoms with Crippen LogP contribution in [0.4, 0.5) is 0 Å². The van der Waals surface area contributed by atoms with Crippen LogP contribution in [0.2, 0.25) is 0 Å². The van der Waals surface area contributed by atoms with Crippen LogP contribution in [-0.2, 0) is 47.5 Å². The normalized spacial score (nSPS) is 33.3. The molecule has 0 saturated carbocycles. The molecule has 46 heavy (non-hydrogen) atoms. The number of carbonyl (C=O) groups is 3. The number of hydrogen-bond acceptors (Lipinski definition) is 11. The van der Waals surface area contributed by atoms with Gasteiger partial charge in [0.2, 0.25) is 5.91 Å². The van der Waals surface area contributed by atoms with Crippen LogP contribution in [0.15, 0.2) is 12.2 Å². The Morgan fingerprint density at radius 1 is 0.870 bits per heavy atom. The lowest BCUT2D eigenvalue weighted by Crippen LogP contribution is -2.45. The van der Waals surface area contributed by atoms with Crippen molar-refractivity contribution in [3.05, 3.63) is 12.2 Å². The van der Waals surface area contributed by atoms with Crippen molar-refractivity contribution in [3.8, 4) is 0 Å². The van der Waals surface area contributed by atoms with E-state index in [2.05, 4.69) is 13.8 Å². The Labute approximate surface area is 272 Å². The maximum absolute atomic E-state index is 12.2. The number of carboxylic acid groups (broad SMARTS) is 1. The van der Waals surface area contributed by atoms with Gasteiger partial charge in [-0.15, -0.1) is 0 Å². The minimum Gasteiger partial charge on any atom is -0.478 e. The van der Waals surface area contributed by atoms with E-state index in [-0.39, 0.29) is 62.2 Å². The highest BCUT2D eigenvalue weighted by Gasteiger charge is 2.37. The second kappa shape index (κ2) is 19.0. The molecule has 0 aliphatic carbocycles. The van der Waals surface area contributed by atoms with Gasteiger partial charge in [0.1, 0.15) is 6.10 Å². The predicted molar refractivity (Wildman–Crippen MR) is 165 cm³/mol. The molecule has 3 aliphatic rings. The minimum absolute atomic E-state index is 0.0304. The molecule has 0 aromatic heterocycles. The van der Waals surface area contributed by atoms with Crippen LogP contribution < -0.4 is 0 Å². The Morgan fingerprint density at radius 3 is 2.17 bits per heavy atom. The highest BCUT2D eigenvalue weighted by atomic mass is 16.7. The zero-order valence-electron chi connectivity index (χ0n) is 28.2. The summed E-state index contributed by atoms with van der Waals surface area (Å²) in [6.45, 7) is 9.43. The topological polar surface area (TPSA) is 160 Å². The quantitative estimate of drug-likeness (QED) is 0.183. The van der Waals surface area contributed by atoms with E-state index in [9.17, 15) is 19.5 Å². The van der Waals surface area contributed by atoms with Crippen molar-refractivity contribution in [1.29, 1.82) is 0 Å². The number of nitrogens with zero attached hydrogens (tertiary/aromatic N) is 1. The average Bonchev–Trinajstić information content (AvgIpc) is 2.94. The summed E-state index contributed by atoms with van der Waals surface area (Å²) in [5, 5.41) is 20.0. The Balaban J connectivity index is 1.57. The molecule has 0 aromatic rings. The molecule has 3 fully saturated rings. The smallest absolute Gasteiger partial charge is 0.328 e. The molecule has 3 rings (SSSR count). The standard InChI is InChI=1S/C33H55NO12/c1-7-9-32-44-27(17-29(45-32)18-28-15-24(8-2)42-22(5)43-28)14-23(36)13-26(41-21(4)35)16-25-12-20(3)40-33(46-25)19-34(6)30(37)10-11-31(38)39/h10-11,20,22-29,32-33,36H,7-9,12-19H2,1-6H3,(H,38,39)/b11-10+. The van der Waals surface area contributed by atoms with Gasteiger partial charge in [0, 0.05) is 58.2 Å². The van der Waals surface area contributed by atoms with Crippen molar-refractivity contribution in [3.63, 3.8) is 0 Å². The number of esters is 1. The van der Waals surface area contributed by atoms with Crippen LogP contribution in [0.1, 0.15) is 98.8 Å². The minimum atomic E-state index is -1.22. The van der Waals surface area contributed by atoms with Crippen molar-refractivity contribution in [2.24, 2.45) is 0 Å². The van der Waals surface area contributed by atoms with Crippen LogP contribution in [0.5, 0.6) is 0 Å². The predicted octanol–water partition coefficient (Wildman–Crippen LogP) is 3.69. The summed E-state index contributed by atoms with van der Waals surface area (Å²) in [6.07, 6.45) is 4.54. The molecule has 2 N–H and O–H groups in total. The van der Waals surface area contributed by atoms with Gasteiger partial charge in [-0.1, -0.05) is 20.3 Å². The summed E-state index contributed by atoms with van der Waals surface area (Å²) in [5.41, 5.74) is 0. The maximum atomic E-state index is 12.2. The maximum Gasteiger partial charge on any atom is 0.328 e. The van der Waals surface area contributed by atoms with E-state index in [1.807, 2.05) is 13.8 Å². The van der Waals surface area contributed by atoms with E-state index in [0.717, 1.165) is 44.3 Å². The van der Waals surface area contributed by atoms with Crippen molar-refractivity contribution in [2.45, 2.75) is 167 Å². The molecule has 0 spiro atoms. The first-order chi connectivity index (χ1) is 21.8. The molecular formula is C33H55NO12. The molecule has 13 heteroatoms. The third-order valence-corrected chi connectivity index (χ3v) is 8.43. The van der Waals surface area contributed by atoms with Crippen molar-refractivity contribution in [1.82, 2.24) is 4.90 Å². The lowest BCUT2D eigenvalue weighted by Gasteiger charge is -2.40. The fraction of sp³-hybridized carbons (Fsp3) is 0.848. The molecule has 0 radical (unpaired) electrons. The monoisotopic (exact) mass is 657 g/mol. The summed E-state index contributed by atoms with van der Waals surface area (Å²) in [4.78, 5) is 36.3. The van der Waals surface area contributed by atoms with Crippen molar-refractivity contribution < 1.29 is 57.8 Å². The lowest BCUT2D eigenvalue weighted by molar-refractivity contribution is -0.271. The number of hydrogen-bond donors (Lipinski definition) is 2. The highest BCUT2D eigenvalue weighted by Crippen LogP contribution is 2.32. The number of carboxylic acids is 1. The van der Waals surface area contributed by atoms with Crippen molar-refractivity contribution in [2.75, 3.05) is 13.6 Å². The van der Waals surface area contributed by atoms with E-state index in [1.54, 1.807) is 0 Å². The first-order valence-corrected chi connectivity index (χ1v) is 16.8. The number of aliphatic hydroxyl groups is 1. The van der Waals surface area contributed by atoms with E-state index in [0.29, 0.717) is 25.7 Å². The van der Waals surface area contributed by atoms with E-state index < -0.39 is 36.3 Å². The van der Waals surface area contributed by atoms with Crippen molar-refractivity contribution >= 4 is 17.8 Å². The molecule has 264 valence electrons. The zero-order valence-corrected chi connectivity index (χ0v) is 28.2. The zero-order chi connectivity index (χ0) is 33.8. The number of amides is 1. The van der Waals surface area contributed by atoms with Gasteiger partial charge in [0.25, 0.3) is 0 Å². The molecule has 3 aliphatic heterocycles. The third-order valence-electron chi connectivity index (χ3n) is 8.43. The Morgan fingerprint density at radius 2 is 1.50 bits per heavy atom. The van der Waals surface area contributed by atoms with Gasteiger partial charge in [0.05, 0.1) is 49.3 Å². The average molecular weight is 658 g/mol. The fourth-order valence-corrected chi connectivity index (χ4v) is 6.46. The lowest BCUT2D eigenvalue weighted by atomic mass is 9.94. The Bertz CT molecular complexity index is 994. The van der Waals surface area contributed by atoms with Crippen LogP contribution >= 0.6 is 0 Å². The van der Waals surface area contributed by atoms with Crippen LogP contribution in [0.3, 0.4) is 0 Å². The largest absolute Gasteiger partial charge is 0.478 e. The first-order valence-electron chi connectivity index (χ1n) is 16.8. The van der Waals surface area contributed by atoms with Crippen LogP contribution in [-0.4, -0.2) is 114 Å². The second-order valence-electron chi connectivity index (χ2n) is 12.8. The third kappa shape index (κ3) is 13.5. The molecular weight excluding hydrogens is 602 g/mol. The number of likely N-dealkylation sites (N-methyl/N-ethyl adjacent to an activating group) is 1. The van der Waals surface area contributed by atoms with Gasteiger partial charge in [-0.25, -0.2) is 4.79 Å². The van der Waals surface area contributed by atoms with Gasteiger partial charge >= 0.3 is 11.9 Å². The molecule has 0 bridgehead atoms. The van der Waals surface area contributed by atoms with Gasteiger partial charge in [-0.3, -0.25) is 9.59 Å². The number of aliphatic carboxylic acids is 1. The van der Waals surface area contributed by atoms with Gasteiger partial charge in [-0.2, -0.15) is 0 Å². The molecule has 11 unspecified atom stereocenters. The number of rotatable bonds is 16. The van der Waals surface area contributed by atoms with Gasteiger partial charge in [-0.05, 0) is 39.5 Å². The van der Waals surface area contributed by atoms with Crippen LogP contribution in [0, 0.1) is 0 Å². The van der Waals surface area contributed by atoms with Crippen LogP contribution in [0.25, 0.3) is 0 Å². The molecule has 3 heterocycles. The summed E-state index contributed by atoms with van der Waals surface area (Å²) in [5.74, 6) is -2.16. The highest BCUT2D eigenvalue weighted by molar-refractivity contribution is 5.93. The van der Waals surface area contributed by atoms with E-state index in [1.165, 1.54) is 18.9 Å². The number of ether oxygens (including phenoxy) is 7. The second-order valence-corrected chi connectivity index (χ2v) is 12.8. The Kier molecular flexibility index (Phi) is 15.8. The van der Waals surface area contributed by atoms with Gasteiger partial charge < -0.3 is 48.3 Å². The molecule has 1 amide bonds. The van der Waals surface area contributed by atoms with Gasteiger partial charge in [0.15, 0.2) is 18.9 Å². The molecule has 0 aromatic carbocycles. The fourth-order valence-electron chi connectivity index (χ4n) is 6.46. The SMILES string of the molecule is CCCC1OC(CC(O)CC(CC2CC(C)OC(CN(C)C(=O)/C=C/C(=O)O)O2)OC(C)=O)CC(CC2CC(CC)OC(C)O2)O1.